The summed E-state index contributed by atoms with van der Waals surface area (Å²) in [5, 5.41) is 24.0. The molecule has 6 N–H and O–H groups in total. The molecule has 9 nitrogen and oxygen atoms in total. The average Bonchev–Trinajstić information content (AvgIpc) is 3.12. The van der Waals surface area contributed by atoms with Crippen molar-refractivity contribution in [3.05, 3.63) is 36.5 Å². The minimum atomic E-state index is -4.40. The van der Waals surface area contributed by atoms with Gasteiger partial charge < -0.3 is 26.2 Å². The van der Waals surface area contributed by atoms with E-state index in [0.29, 0.717) is 6.42 Å². The Balaban J connectivity index is 4.39. The van der Waals surface area contributed by atoms with E-state index in [0.717, 1.165) is 57.8 Å². The lowest BCUT2D eigenvalue weighted by Gasteiger charge is -2.24. The minimum absolute atomic E-state index is 0.0462. The van der Waals surface area contributed by atoms with Gasteiger partial charge in [0.15, 0.2) is 0 Å². The zero-order valence-electron chi connectivity index (χ0n) is 33.4. The van der Waals surface area contributed by atoms with Gasteiger partial charge >= 0.3 is 7.82 Å². The molecule has 10 heteroatoms. The summed E-state index contributed by atoms with van der Waals surface area (Å²) in [5.74, 6) is -0.459. The molecule has 4 atom stereocenters. The van der Waals surface area contributed by atoms with E-state index in [9.17, 15) is 24.5 Å². The van der Waals surface area contributed by atoms with Crippen molar-refractivity contribution in [2.45, 2.75) is 205 Å². The fourth-order valence-electron chi connectivity index (χ4n) is 6.05. The number of nitrogens with two attached hydrogens (primary N) is 1. The Morgan fingerprint density at radius 3 is 1.63 bits per heavy atom. The molecule has 0 radical (unpaired) electrons. The van der Waals surface area contributed by atoms with Crippen LogP contribution in [-0.2, 0) is 18.4 Å². The van der Waals surface area contributed by atoms with E-state index < -0.39 is 38.6 Å². The molecular weight excluding hydrogens is 675 g/mol. The molecule has 0 aromatic carbocycles. The minimum Gasteiger partial charge on any atom is -0.393 e. The highest BCUT2D eigenvalue weighted by Crippen LogP contribution is 2.43. The molecule has 0 saturated heterocycles. The number of phosphoric ester groups is 1. The standard InChI is InChI=1S/C42H81N2O7P/c1-3-5-7-9-11-13-15-17-18-19-20-22-24-26-28-30-32-34-41(46)40(38-51-52(48,49)50-36-35-43)44-42(47)37-39(45)33-31-29-27-25-23-21-16-14-12-10-8-6-4-2/h12,14,16,21,32,34,39-41,45-46H,3-11,13,15,17-20,22-31,33,35-38,43H2,1-2H3,(H,44,47)(H,48,49)/b14-12-,21-16-,34-32+. The number of unbranched alkanes of at least 4 members (excludes halogenated alkanes) is 22. The fourth-order valence-corrected chi connectivity index (χ4v) is 6.81. The molecule has 4 unspecified atom stereocenters. The van der Waals surface area contributed by atoms with Crippen molar-refractivity contribution < 1.29 is 33.5 Å². The van der Waals surface area contributed by atoms with Crippen molar-refractivity contribution in [3.63, 3.8) is 0 Å². The third kappa shape index (κ3) is 35.7. The van der Waals surface area contributed by atoms with Gasteiger partial charge in [-0.15, -0.1) is 0 Å². The van der Waals surface area contributed by atoms with Crippen molar-refractivity contribution >= 4 is 13.7 Å². The van der Waals surface area contributed by atoms with E-state index in [4.69, 9.17) is 14.8 Å². The van der Waals surface area contributed by atoms with Crippen LogP contribution in [-0.4, -0.2) is 59.0 Å². The SMILES string of the molecule is CCCCC/C=C\C=C/CCCCCCC(O)CC(=O)NC(COP(=O)(O)OCCN)C(O)/C=C/CCCCCCCCCCCCCCCCC. The highest BCUT2D eigenvalue weighted by atomic mass is 31.2. The lowest BCUT2D eigenvalue weighted by molar-refractivity contribution is -0.124. The van der Waals surface area contributed by atoms with Crippen LogP contribution in [0.15, 0.2) is 36.5 Å². The maximum Gasteiger partial charge on any atom is 0.472 e. The average molecular weight is 757 g/mol. The molecule has 0 aliphatic carbocycles. The molecule has 0 rings (SSSR count). The number of hydrogen-bond donors (Lipinski definition) is 5. The molecular formula is C42H81N2O7P. The van der Waals surface area contributed by atoms with Gasteiger partial charge in [0.1, 0.15) is 0 Å². The van der Waals surface area contributed by atoms with Crippen LogP contribution in [0.4, 0.5) is 0 Å². The molecule has 0 fully saturated rings. The van der Waals surface area contributed by atoms with Gasteiger partial charge in [-0.1, -0.05) is 172 Å². The summed E-state index contributed by atoms with van der Waals surface area (Å²) in [6, 6.07) is -0.988. The van der Waals surface area contributed by atoms with Crippen LogP contribution < -0.4 is 11.1 Å². The fraction of sp³-hybridized carbons (Fsp3) is 0.833. The predicted octanol–water partition coefficient (Wildman–Crippen LogP) is 10.5. The number of aliphatic hydroxyl groups excluding tert-OH is 2. The van der Waals surface area contributed by atoms with E-state index in [2.05, 4.69) is 43.5 Å². The summed E-state index contributed by atoms with van der Waals surface area (Å²) >= 11 is 0. The summed E-state index contributed by atoms with van der Waals surface area (Å²) in [6.45, 7) is 3.92. The first-order valence-corrected chi connectivity index (χ1v) is 22.7. The Kier molecular flexibility index (Phi) is 37.0. The quantitative estimate of drug-likeness (QED) is 0.0180. The van der Waals surface area contributed by atoms with E-state index in [1.807, 2.05) is 6.08 Å². The highest BCUT2D eigenvalue weighted by Gasteiger charge is 2.27. The number of carbonyl (C=O) groups excluding carboxylic acids is 1. The number of aliphatic hydroxyl groups is 2. The molecule has 1 amide bonds. The molecule has 0 aliphatic rings. The second kappa shape index (κ2) is 38.0. The van der Waals surface area contributed by atoms with E-state index in [-0.39, 0.29) is 19.6 Å². The monoisotopic (exact) mass is 757 g/mol. The lowest BCUT2D eigenvalue weighted by Crippen LogP contribution is -2.46. The number of rotatable bonds is 39. The van der Waals surface area contributed by atoms with Crippen molar-refractivity contribution in [1.82, 2.24) is 5.32 Å². The zero-order valence-corrected chi connectivity index (χ0v) is 34.3. The first kappa shape index (κ1) is 50.7. The van der Waals surface area contributed by atoms with Crippen LogP contribution in [0.1, 0.15) is 187 Å². The molecule has 0 heterocycles. The van der Waals surface area contributed by atoms with E-state index >= 15 is 0 Å². The summed E-state index contributed by atoms with van der Waals surface area (Å²) in [6.07, 6.45) is 40.8. The number of phosphoric acid groups is 1. The Bertz CT molecular complexity index is 930. The molecule has 0 spiro atoms. The third-order valence-corrected chi connectivity index (χ3v) is 10.3. The Morgan fingerprint density at radius 2 is 1.12 bits per heavy atom. The maximum absolute atomic E-state index is 12.8. The third-order valence-electron chi connectivity index (χ3n) is 9.29. The Morgan fingerprint density at radius 1 is 0.673 bits per heavy atom. The lowest BCUT2D eigenvalue weighted by atomic mass is 10.0. The molecule has 0 aromatic rings. The van der Waals surface area contributed by atoms with Gasteiger partial charge in [0.05, 0.1) is 37.9 Å². The first-order valence-electron chi connectivity index (χ1n) is 21.2. The number of allylic oxidation sites excluding steroid dienone is 5. The van der Waals surface area contributed by atoms with Gasteiger partial charge in [-0.25, -0.2) is 4.57 Å². The van der Waals surface area contributed by atoms with Crippen LogP contribution in [0.3, 0.4) is 0 Å². The molecule has 52 heavy (non-hydrogen) atoms. The number of amides is 1. The van der Waals surface area contributed by atoms with Gasteiger partial charge in [-0.3, -0.25) is 13.8 Å². The largest absolute Gasteiger partial charge is 0.472 e. The molecule has 0 saturated carbocycles. The molecule has 306 valence electrons. The van der Waals surface area contributed by atoms with Crippen molar-refractivity contribution in [3.8, 4) is 0 Å². The van der Waals surface area contributed by atoms with Crippen LogP contribution in [0.5, 0.6) is 0 Å². The highest BCUT2D eigenvalue weighted by molar-refractivity contribution is 7.47. The summed E-state index contributed by atoms with van der Waals surface area (Å²) in [5.41, 5.74) is 5.36. The molecule has 0 bridgehead atoms. The van der Waals surface area contributed by atoms with E-state index in [1.165, 1.54) is 103 Å². The van der Waals surface area contributed by atoms with Crippen molar-refractivity contribution in [2.75, 3.05) is 19.8 Å². The summed E-state index contributed by atoms with van der Waals surface area (Å²) in [7, 11) is -4.40. The summed E-state index contributed by atoms with van der Waals surface area (Å²) < 4.78 is 22.0. The topological polar surface area (TPSA) is 151 Å². The van der Waals surface area contributed by atoms with E-state index in [1.54, 1.807) is 6.08 Å². The second-order valence-electron chi connectivity index (χ2n) is 14.4. The van der Waals surface area contributed by atoms with Gasteiger partial charge in [0, 0.05) is 6.54 Å². The van der Waals surface area contributed by atoms with Crippen LogP contribution in [0.2, 0.25) is 0 Å². The maximum atomic E-state index is 12.8. The number of carbonyl (C=O) groups is 1. The van der Waals surface area contributed by atoms with Gasteiger partial charge in [0.2, 0.25) is 5.91 Å². The van der Waals surface area contributed by atoms with Gasteiger partial charge in [0.25, 0.3) is 0 Å². The zero-order chi connectivity index (χ0) is 38.4. The smallest absolute Gasteiger partial charge is 0.393 e. The van der Waals surface area contributed by atoms with Crippen molar-refractivity contribution in [2.24, 2.45) is 5.73 Å². The van der Waals surface area contributed by atoms with Crippen LogP contribution in [0, 0.1) is 0 Å². The van der Waals surface area contributed by atoms with Crippen molar-refractivity contribution in [1.29, 1.82) is 0 Å². The Labute approximate surface area is 319 Å². The summed E-state index contributed by atoms with van der Waals surface area (Å²) in [4.78, 5) is 22.7. The predicted molar refractivity (Wildman–Crippen MR) is 218 cm³/mol. The normalized spacial score (nSPS) is 15.1. The Hall–Kier alpha value is -1.32. The molecule has 0 aliphatic heterocycles. The number of nitrogens with one attached hydrogen (secondary N) is 1. The molecule has 0 aromatic heterocycles. The van der Waals surface area contributed by atoms with Crippen LogP contribution in [0.25, 0.3) is 0 Å². The second-order valence-corrected chi connectivity index (χ2v) is 15.9. The van der Waals surface area contributed by atoms with Gasteiger partial charge in [-0.05, 0) is 44.9 Å². The van der Waals surface area contributed by atoms with Crippen LogP contribution >= 0.6 is 7.82 Å². The van der Waals surface area contributed by atoms with Gasteiger partial charge in [-0.2, -0.15) is 0 Å². The first-order chi connectivity index (χ1) is 25.3. The number of hydrogen-bond acceptors (Lipinski definition) is 7.